The number of fused-ring (bicyclic) bond motifs is 4. The maximum atomic E-state index is 13.1. The number of tetrazole rings is 1. The fourth-order valence-corrected chi connectivity index (χ4v) is 4.66. The number of amides is 3. The largest absolute Gasteiger partial charge is 0.453 e. The van der Waals surface area contributed by atoms with Crippen LogP contribution in [0.1, 0.15) is 43.6 Å². The van der Waals surface area contributed by atoms with Crippen molar-refractivity contribution in [3.05, 3.63) is 83.1 Å². The molecule has 220 valence electrons. The van der Waals surface area contributed by atoms with Crippen LogP contribution in [0.5, 0.6) is 0 Å². The third kappa shape index (κ3) is 7.32. The zero-order valence-electron chi connectivity index (χ0n) is 23.3. The summed E-state index contributed by atoms with van der Waals surface area (Å²) in [5.41, 5.74) is 4.40. The summed E-state index contributed by atoms with van der Waals surface area (Å²) in [5.74, 6) is -0.000718. The topological polar surface area (TPSA) is 169 Å². The van der Waals surface area contributed by atoms with Crippen LogP contribution in [0.15, 0.2) is 66.6 Å². The molecule has 2 aromatic heterocycles. The molecular weight excluding hydrogens is 574 g/mol. The molecular formula is C29H28ClN9O4. The number of rotatable bonds is 5. The number of imidazole rings is 1. The van der Waals surface area contributed by atoms with Gasteiger partial charge in [0.25, 0.3) is 0 Å². The van der Waals surface area contributed by atoms with Gasteiger partial charge in [-0.05, 0) is 72.7 Å². The molecule has 0 radical (unpaired) electrons. The van der Waals surface area contributed by atoms with Crippen LogP contribution in [0, 0.1) is 0 Å². The number of halogens is 1. The van der Waals surface area contributed by atoms with Gasteiger partial charge in [0.05, 0.1) is 30.2 Å². The molecule has 0 saturated heterocycles. The van der Waals surface area contributed by atoms with Gasteiger partial charge in [-0.1, -0.05) is 23.3 Å². The molecule has 3 heterocycles. The first-order valence-electron chi connectivity index (χ1n) is 13.3. The smallest absolute Gasteiger partial charge is 0.411 e. The number of hydrogen-bond acceptors (Lipinski definition) is 8. The lowest BCUT2D eigenvalue weighted by Crippen LogP contribution is -2.27. The van der Waals surface area contributed by atoms with Gasteiger partial charge in [-0.25, -0.2) is 9.78 Å². The number of nitrogens with one attached hydrogen (secondary N) is 4. The van der Waals surface area contributed by atoms with Gasteiger partial charge in [0, 0.05) is 40.5 Å². The predicted octanol–water partition coefficient (Wildman–Crippen LogP) is 4.82. The average molecular weight is 602 g/mol. The first-order chi connectivity index (χ1) is 20.8. The van der Waals surface area contributed by atoms with Crippen LogP contribution in [0.4, 0.5) is 16.2 Å². The van der Waals surface area contributed by atoms with Crippen molar-refractivity contribution in [1.82, 2.24) is 35.5 Å². The molecule has 2 bridgehead atoms. The summed E-state index contributed by atoms with van der Waals surface area (Å²) >= 11 is 6.21. The van der Waals surface area contributed by atoms with Crippen LogP contribution >= 0.6 is 11.6 Å². The maximum Gasteiger partial charge on any atom is 0.411 e. The molecule has 0 saturated carbocycles. The van der Waals surface area contributed by atoms with E-state index in [1.807, 2.05) is 13.0 Å². The van der Waals surface area contributed by atoms with Gasteiger partial charge in [-0.3, -0.25) is 14.9 Å². The van der Waals surface area contributed by atoms with Crippen molar-refractivity contribution < 1.29 is 19.1 Å². The monoisotopic (exact) mass is 601 g/mol. The lowest BCUT2D eigenvalue weighted by atomic mass is 10.1. The summed E-state index contributed by atoms with van der Waals surface area (Å²) in [6.45, 7) is 1.94. The quantitative estimate of drug-likeness (QED) is 0.186. The highest BCUT2D eigenvalue weighted by molar-refractivity contribution is 6.30. The Kier molecular flexibility index (Phi) is 8.91. The van der Waals surface area contributed by atoms with Crippen molar-refractivity contribution in [1.29, 1.82) is 0 Å². The Balaban J connectivity index is 1.43. The zero-order chi connectivity index (χ0) is 30.3. The van der Waals surface area contributed by atoms with Crippen LogP contribution in [0.3, 0.4) is 0 Å². The maximum absolute atomic E-state index is 13.1. The van der Waals surface area contributed by atoms with Crippen LogP contribution in [-0.2, 0) is 14.3 Å². The summed E-state index contributed by atoms with van der Waals surface area (Å²) < 4.78 is 6.16. The van der Waals surface area contributed by atoms with Gasteiger partial charge in [-0.15, -0.1) is 5.10 Å². The summed E-state index contributed by atoms with van der Waals surface area (Å²) in [7, 11) is 1.27. The van der Waals surface area contributed by atoms with E-state index in [4.69, 9.17) is 16.6 Å². The third-order valence-electron chi connectivity index (χ3n) is 6.69. The number of ether oxygens (including phenoxy) is 1. The van der Waals surface area contributed by atoms with E-state index in [0.717, 1.165) is 5.57 Å². The van der Waals surface area contributed by atoms with Gasteiger partial charge in [0.1, 0.15) is 12.2 Å². The van der Waals surface area contributed by atoms with Crippen molar-refractivity contribution in [3.8, 4) is 16.9 Å². The molecule has 0 fully saturated rings. The Bertz CT molecular complexity index is 1710. The van der Waals surface area contributed by atoms with Gasteiger partial charge in [-0.2, -0.15) is 4.68 Å². The molecule has 2 aromatic carbocycles. The lowest BCUT2D eigenvalue weighted by Gasteiger charge is -2.14. The van der Waals surface area contributed by atoms with Gasteiger partial charge in [0.15, 0.2) is 0 Å². The molecule has 0 aliphatic carbocycles. The van der Waals surface area contributed by atoms with E-state index in [0.29, 0.717) is 57.6 Å². The number of nitrogens with zero attached hydrogens (tertiary/aromatic N) is 5. The van der Waals surface area contributed by atoms with Crippen molar-refractivity contribution in [2.75, 3.05) is 17.7 Å². The second-order valence-corrected chi connectivity index (χ2v) is 10.2. The number of aromatic amines is 1. The Labute approximate surface area is 251 Å². The number of benzene rings is 2. The molecule has 3 amide bonds. The van der Waals surface area contributed by atoms with E-state index in [-0.39, 0.29) is 18.2 Å². The zero-order valence-corrected chi connectivity index (χ0v) is 24.1. The molecule has 1 atom stereocenters. The van der Waals surface area contributed by atoms with Gasteiger partial charge < -0.3 is 20.4 Å². The summed E-state index contributed by atoms with van der Waals surface area (Å²) in [5, 5.41) is 20.3. The van der Waals surface area contributed by atoms with E-state index >= 15 is 0 Å². The minimum absolute atomic E-state index is 0.184. The highest BCUT2D eigenvalue weighted by Crippen LogP contribution is 2.32. The molecule has 4 aromatic rings. The first-order valence-corrected chi connectivity index (χ1v) is 13.7. The normalized spacial score (nSPS) is 15.3. The van der Waals surface area contributed by atoms with Crippen LogP contribution in [0.2, 0.25) is 5.02 Å². The van der Waals surface area contributed by atoms with E-state index in [2.05, 4.69) is 41.2 Å². The van der Waals surface area contributed by atoms with E-state index in [1.54, 1.807) is 48.7 Å². The number of carbonyl (C=O) groups excluding carboxylic acids is 3. The molecule has 0 spiro atoms. The van der Waals surface area contributed by atoms with E-state index < -0.39 is 12.1 Å². The van der Waals surface area contributed by atoms with Gasteiger partial charge in [0.2, 0.25) is 11.8 Å². The number of hydrogen-bond donors (Lipinski definition) is 4. The van der Waals surface area contributed by atoms with Crippen LogP contribution in [-0.4, -0.2) is 55.2 Å². The minimum atomic E-state index is -0.631. The molecule has 14 heteroatoms. The van der Waals surface area contributed by atoms with E-state index in [9.17, 15) is 14.4 Å². The number of H-pyrrole nitrogens is 1. The Morgan fingerprint density at radius 2 is 2.05 bits per heavy atom. The SMILES string of the molecule is COC(=O)Nc1ccc2c(c1)NC(=O)CCC(C)=CCC(NC(=O)/C=C/c1cc(Cl)ccc1-n1cnnn1)c1nc-2c[nH]1. The second-order valence-electron chi connectivity index (χ2n) is 9.73. The molecule has 43 heavy (non-hydrogen) atoms. The van der Waals surface area contributed by atoms with Crippen LogP contribution in [0.25, 0.3) is 23.0 Å². The average Bonchev–Trinajstić information content (AvgIpc) is 3.70. The fourth-order valence-electron chi connectivity index (χ4n) is 4.48. The van der Waals surface area contributed by atoms with Crippen LogP contribution < -0.4 is 16.0 Å². The third-order valence-corrected chi connectivity index (χ3v) is 6.93. The van der Waals surface area contributed by atoms with E-state index in [1.165, 1.54) is 24.2 Å². The fraction of sp³-hybridized carbons (Fsp3) is 0.207. The molecule has 1 unspecified atom stereocenters. The lowest BCUT2D eigenvalue weighted by molar-refractivity contribution is -0.117. The number of carbonyl (C=O) groups is 3. The van der Waals surface area contributed by atoms with Crippen molar-refractivity contribution in [2.45, 2.75) is 32.2 Å². The first kappa shape index (κ1) is 29.2. The predicted molar refractivity (Wildman–Crippen MR) is 160 cm³/mol. The molecule has 4 N–H and O–H groups in total. The van der Waals surface area contributed by atoms with Crippen molar-refractivity contribution in [2.24, 2.45) is 0 Å². The molecule has 1 aliphatic heterocycles. The second kappa shape index (κ2) is 13.1. The molecule has 5 rings (SSSR count). The minimum Gasteiger partial charge on any atom is -0.453 e. The highest BCUT2D eigenvalue weighted by Gasteiger charge is 2.20. The standard InChI is InChI=1S/C29H28ClN9O4/c1-17-3-9-22(34-27(41)12-5-18-13-19(30)6-10-25(18)39-16-32-37-38-39)28-31-15-24(36-28)21-8-7-20(33-29(42)43-2)14-23(21)35-26(40)11-4-17/h3,5-8,10,12-16,22H,4,9,11H2,1-2H3,(H,31,36)(H,33,42)(H,34,41)(H,35,40)/b12-5+,17-3?. The summed E-state index contributed by atoms with van der Waals surface area (Å²) in [6.07, 6.45) is 8.79. The number of allylic oxidation sites excluding steroid dienone is 1. The highest BCUT2D eigenvalue weighted by atomic mass is 35.5. The number of anilines is 2. The Morgan fingerprint density at radius 1 is 1.19 bits per heavy atom. The van der Waals surface area contributed by atoms with Crippen molar-refractivity contribution in [3.63, 3.8) is 0 Å². The van der Waals surface area contributed by atoms with Crippen molar-refractivity contribution >= 4 is 47.0 Å². The number of methoxy groups -OCH3 is 1. The van der Waals surface area contributed by atoms with Gasteiger partial charge >= 0.3 is 6.09 Å². The number of aromatic nitrogens is 6. The molecule has 1 aliphatic rings. The summed E-state index contributed by atoms with van der Waals surface area (Å²) in [4.78, 5) is 45.6. The Hall–Kier alpha value is -5.30. The summed E-state index contributed by atoms with van der Waals surface area (Å²) in [6, 6.07) is 9.76. The molecule has 13 nitrogen and oxygen atoms in total. The Morgan fingerprint density at radius 3 is 2.84 bits per heavy atom.